The van der Waals surface area contributed by atoms with Crippen LogP contribution in [-0.2, 0) is 9.47 Å². The molecule has 0 spiro atoms. The molecular weight excluding hydrogens is 223 g/mol. The van der Waals surface area contributed by atoms with Gasteiger partial charge in [-0.25, -0.2) is 0 Å². The van der Waals surface area contributed by atoms with Gasteiger partial charge in [-0.3, -0.25) is 0 Å². The maximum absolute atomic E-state index is 11.6. The van der Waals surface area contributed by atoms with E-state index in [0.29, 0.717) is 13.2 Å². The Morgan fingerprint density at radius 3 is 2.38 bits per heavy atom. The van der Waals surface area contributed by atoms with Crippen molar-refractivity contribution >= 4 is 0 Å². The molecule has 0 saturated carbocycles. The number of ether oxygens (including phenoxy) is 2. The first-order valence-electron chi connectivity index (χ1n) is 5.38. The summed E-state index contributed by atoms with van der Waals surface area (Å²) in [6.07, 6.45) is -3.17. The van der Waals surface area contributed by atoms with Crippen LogP contribution in [0.25, 0.3) is 0 Å². The zero-order valence-corrected chi connectivity index (χ0v) is 9.77. The summed E-state index contributed by atoms with van der Waals surface area (Å²) in [7, 11) is 0. The second kappa shape index (κ2) is 8.78. The minimum atomic E-state index is -4.23. The maximum Gasteiger partial charge on any atom is 0.411 e. The molecule has 0 aliphatic heterocycles. The molecule has 0 bridgehead atoms. The van der Waals surface area contributed by atoms with Crippen molar-refractivity contribution in [3.05, 3.63) is 0 Å². The van der Waals surface area contributed by atoms with E-state index in [4.69, 9.17) is 4.74 Å². The lowest BCUT2D eigenvalue weighted by Gasteiger charge is -2.09. The van der Waals surface area contributed by atoms with Gasteiger partial charge in [0.15, 0.2) is 0 Å². The van der Waals surface area contributed by atoms with Gasteiger partial charge in [0.25, 0.3) is 0 Å². The highest BCUT2D eigenvalue weighted by Gasteiger charge is 2.27. The van der Waals surface area contributed by atoms with Crippen LogP contribution in [0.15, 0.2) is 0 Å². The molecule has 6 heteroatoms. The summed E-state index contributed by atoms with van der Waals surface area (Å²) in [5.74, 6) is 0. The molecule has 0 aromatic rings. The van der Waals surface area contributed by atoms with Gasteiger partial charge in [0.1, 0.15) is 6.61 Å². The van der Waals surface area contributed by atoms with Crippen LogP contribution in [0.3, 0.4) is 0 Å². The summed E-state index contributed by atoms with van der Waals surface area (Å²) in [4.78, 5) is 0. The highest BCUT2D eigenvalue weighted by molar-refractivity contribution is 4.49. The quantitative estimate of drug-likeness (QED) is 0.628. The molecule has 0 atom stereocenters. The topological polar surface area (TPSA) is 30.5 Å². The average Bonchev–Trinajstić information content (AvgIpc) is 2.13. The molecule has 0 aromatic heterocycles. The van der Waals surface area contributed by atoms with Gasteiger partial charge in [-0.15, -0.1) is 0 Å². The molecule has 16 heavy (non-hydrogen) atoms. The van der Waals surface area contributed by atoms with Crippen LogP contribution in [0.4, 0.5) is 13.2 Å². The van der Waals surface area contributed by atoms with Gasteiger partial charge in [0.2, 0.25) is 0 Å². The van der Waals surface area contributed by atoms with Crippen LogP contribution in [0, 0.1) is 0 Å². The van der Waals surface area contributed by atoms with Crippen LogP contribution in [0.5, 0.6) is 0 Å². The van der Waals surface area contributed by atoms with Crippen LogP contribution in [0.2, 0.25) is 0 Å². The van der Waals surface area contributed by atoms with Crippen molar-refractivity contribution in [1.82, 2.24) is 5.32 Å². The normalized spacial score (nSPS) is 12.4. The fraction of sp³-hybridized carbons (Fsp3) is 1.00. The lowest BCUT2D eigenvalue weighted by Crippen LogP contribution is -2.25. The molecule has 0 rings (SSSR count). The van der Waals surface area contributed by atoms with Crippen molar-refractivity contribution in [3.63, 3.8) is 0 Å². The molecule has 0 unspecified atom stereocenters. The molecule has 0 aliphatic rings. The van der Waals surface area contributed by atoms with Gasteiger partial charge in [0.05, 0.1) is 12.7 Å². The van der Waals surface area contributed by atoms with Crippen LogP contribution < -0.4 is 5.32 Å². The number of rotatable bonds is 9. The van der Waals surface area contributed by atoms with Gasteiger partial charge in [-0.05, 0) is 26.8 Å². The summed E-state index contributed by atoms with van der Waals surface area (Å²) in [6.45, 7) is 4.63. The fourth-order valence-corrected chi connectivity index (χ4v) is 0.973. The average molecular weight is 243 g/mol. The second-order valence-electron chi connectivity index (χ2n) is 3.69. The van der Waals surface area contributed by atoms with E-state index in [1.54, 1.807) is 0 Å². The third-order valence-electron chi connectivity index (χ3n) is 1.64. The Balaban J connectivity index is 3.05. The number of alkyl halides is 3. The fourth-order valence-electron chi connectivity index (χ4n) is 0.973. The Morgan fingerprint density at radius 1 is 1.12 bits per heavy atom. The van der Waals surface area contributed by atoms with Crippen LogP contribution >= 0.6 is 0 Å². The monoisotopic (exact) mass is 243 g/mol. The van der Waals surface area contributed by atoms with Crippen LogP contribution in [-0.4, -0.2) is 45.2 Å². The molecular formula is C10H20F3NO2. The SMILES string of the molecule is CC(C)OCCCNCCOCC(F)(F)F. The minimum Gasteiger partial charge on any atom is -0.379 e. The standard InChI is InChI=1S/C10H20F3NO2/c1-9(2)16-6-3-4-14-5-7-15-8-10(11,12)13/h9,14H,3-8H2,1-2H3. The van der Waals surface area contributed by atoms with E-state index in [-0.39, 0.29) is 12.7 Å². The lowest BCUT2D eigenvalue weighted by atomic mass is 10.4. The number of halogens is 3. The van der Waals surface area contributed by atoms with Gasteiger partial charge in [0, 0.05) is 13.2 Å². The molecule has 98 valence electrons. The van der Waals surface area contributed by atoms with Crippen molar-refractivity contribution in [1.29, 1.82) is 0 Å². The van der Waals surface area contributed by atoms with E-state index in [2.05, 4.69) is 10.1 Å². The van der Waals surface area contributed by atoms with Crippen molar-refractivity contribution in [3.8, 4) is 0 Å². The third kappa shape index (κ3) is 13.7. The third-order valence-corrected chi connectivity index (χ3v) is 1.64. The van der Waals surface area contributed by atoms with E-state index in [0.717, 1.165) is 13.0 Å². The predicted molar refractivity (Wildman–Crippen MR) is 55.4 cm³/mol. The zero-order valence-electron chi connectivity index (χ0n) is 9.77. The van der Waals surface area contributed by atoms with Gasteiger partial charge in [-0.1, -0.05) is 0 Å². The Labute approximate surface area is 94.3 Å². The summed E-state index contributed by atoms with van der Waals surface area (Å²) >= 11 is 0. The number of hydrogen-bond acceptors (Lipinski definition) is 3. The molecule has 0 aliphatic carbocycles. The molecule has 0 radical (unpaired) electrons. The molecule has 3 nitrogen and oxygen atoms in total. The first kappa shape index (κ1) is 15.7. The maximum atomic E-state index is 11.6. The van der Waals surface area contributed by atoms with Crippen molar-refractivity contribution in [2.75, 3.05) is 32.9 Å². The highest BCUT2D eigenvalue weighted by Crippen LogP contribution is 2.13. The summed E-state index contributed by atoms with van der Waals surface area (Å²) < 4.78 is 44.7. The molecule has 0 fully saturated rings. The molecule has 0 saturated heterocycles. The molecule has 0 aromatic carbocycles. The predicted octanol–water partition coefficient (Wildman–Crippen LogP) is 1.97. The lowest BCUT2D eigenvalue weighted by molar-refractivity contribution is -0.173. The van der Waals surface area contributed by atoms with E-state index in [9.17, 15) is 13.2 Å². The number of hydrogen-bond donors (Lipinski definition) is 1. The van der Waals surface area contributed by atoms with E-state index < -0.39 is 12.8 Å². The Kier molecular flexibility index (Phi) is 8.60. The Hall–Kier alpha value is -0.330. The van der Waals surface area contributed by atoms with Crippen molar-refractivity contribution < 1.29 is 22.6 Å². The highest BCUT2D eigenvalue weighted by atomic mass is 19.4. The van der Waals surface area contributed by atoms with Gasteiger partial charge in [-0.2, -0.15) is 13.2 Å². The molecule has 0 amide bonds. The van der Waals surface area contributed by atoms with Gasteiger partial charge < -0.3 is 14.8 Å². The summed E-state index contributed by atoms with van der Waals surface area (Å²) in [5.41, 5.74) is 0. The first-order chi connectivity index (χ1) is 7.42. The Bertz CT molecular complexity index is 163. The smallest absolute Gasteiger partial charge is 0.379 e. The van der Waals surface area contributed by atoms with Gasteiger partial charge >= 0.3 is 6.18 Å². The van der Waals surface area contributed by atoms with Crippen LogP contribution in [0.1, 0.15) is 20.3 Å². The summed E-state index contributed by atoms with van der Waals surface area (Å²) in [6, 6.07) is 0. The van der Waals surface area contributed by atoms with E-state index in [1.807, 2.05) is 13.8 Å². The van der Waals surface area contributed by atoms with Crippen molar-refractivity contribution in [2.24, 2.45) is 0 Å². The summed E-state index contributed by atoms with van der Waals surface area (Å²) in [5, 5.41) is 2.97. The minimum absolute atomic E-state index is 0.0740. The largest absolute Gasteiger partial charge is 0.411 e. The second-order valence-corrected chi connectivity index (χ2v) is 3.69. The Morgan fingerprint density at radius 2 is 1.81 bits per heavy atom. The number of nitrogens with one attached hydrogen (secondary N) is 1. The van der Waals surface area contributed by atoms with E-state index >= 15 is 0 Å². The van der Waals surface area contributed by atoms with E-state index in [1.165, 1.54) is 0 Å². The molecule has 1 N–H and O–H groups in total. The van der Waals surface area contributed by atoms with Crippen molar-refractivity contribution in [2.45, 2.75) is 32.5 Å². The first-order valence-corrected chi connectivity index (χ1v) is 5.38. The molecule has 0 heterocycles. The zero-order chi connectivity index (χ0) is 12.4.